The molecule has 3 rings (SSSR count). The molecule has 2 aromatic carbocycles. The Kier molecular flexibility index (Phi) is 4.64. The first-order valence-corrected chi connectivity index (χ1v) is 8.68. The van der Waals surface area contributed by atoms with Crippen LogP contribution >= 0.6 is 0 Å². The molecule has 5 nitrogen and oxygen atoms in total. The Morgan fingerprint density at radius 1 is 1.04 bits per heavy atom. The molecule has 0 unspecified atom stereocenters. The Morgan fingerprint density at radius 3 is 2.23 bits per heavy atom. The minimum atomic E-state index is -1.16. The van der Waals surface area contributed by atoms with E-state index >= 15 is 0 Å². The molecular formula is C21H22N2O3. The van der Waals surface area contributed by atoms with Crippen molar-refractivity contribution in [1.29, 1.82) is 0 Å². The summed E-state index contributed by atoms with van der Waals surface area (Å²) in [6.07, 6.45) is 0.885. The molecule has 0 aromatic heterocycles. The number of ketones is 1. The van der Waals surface area contributed by atoms with Crippen molar-refractivity contribution >= 4 is 17.7 Å². The van der Waals surface area contributed by atoms with Gasteiger partial charge in [-0.1, -0.05) is 61.0 Å². The van der Waals surface area contributed by atoms with E-state index in [4.69, 9.17) is 0 Å². The van der Waals surface area contributed by atoms with Crippen molar-refractivity contribution in [3.05, 3.63) is 70.8 Å². The SMILES string of the molecule is CCc1ccc(C(=O)CN2C(=O)N[C@](C)(c3ccc(C)cc3)C2=O)cc1. The van der Waals surface area contributed by atoms with Gasteiger partial charge in [-0.15, -0.1) is 0 Å². The molecule has 1 saturated heterocycles. The number of carbonyl (C=O) groups is 3. The zero-order chi connectivity index (χ0) is 18.9. The lowest BCUT2D eigenvalue weighted by molar-refractivity contribution is -0.130. The average molecular weight is 350 g/mol. The van der Waals surface area contributed by atoms with Gasteiger partial charge in [-0.05, 0) is 31.4 Å². The molecule has 1 atom stereocenters. The van der Waals surface area contributed by atoms with Crippen molar-refractivity contribution in [3.63, 3.8) is 0 Å². The number of nitrogens with one attached hydrogen (secondary N) is 1. The average Bonchev–Trinajstić information content (AvgIpc) is 2.86. The van der Waals surface area contributed by atoms with Crippen molar-refractivity contribution in [1.82, 2.24) is 10.2 Å². The summed E-state index contributed by atoms with van der Waals surface area (Å²) >= 11 is 0. The number of aryl methyl sites for hydroxylation is 2. The summed E-state index contributed by atoms with van der Waals surface area (Å²) in [7, 11) is 0. The van der Waals surface area contributed by atoms with E-state index in [0.29, 0.717) is 11.1 Å². The molecule has 3 amide bonds. The van der Waals surface area contributed by atoms with Crippen LogP contribution in [0.4, 0.5) is 4.79 Å². The number of nitrogens with zero attached hydrogens (tertiary/aromatic N) is 1. The molecule has 0 bridgehead atoms. The molecule has 26 heavy (non-hydrogen) atoms. The van der Waals surface area contributed by atoms with Crippen LogP contribution in [0.2, 0.25) is 0 Å². The molecule has 1 aliphatic heterocycles. The maximum absolute atomic E-state index is 12.9. The van der Waals surface area contributed by atoms with Crippen LogP contribution in [0.3, 0.4) is 0 Å². The predicted octanol–water partition coefficient (Wildman–Crippen LogP) is 3.21. The summed E-state index contributed by atoms with van der Waals surface area (Å²) in [5, 5.41) is 2.73. The smallest absolute Gasteiger partial charge is 0.319 e. The predicted molar refractivity (Wildman–Crippen MR) is 98.9 cm³/mol. The minimum absolute atomic E-state index is 0.260. The van der Waals surface area contributed by atoms with Gasteiger partial charge in [0.05, 0.1) is 6.54 Å². The molecule has 1 aliphatic rings. The molecule has 1 N–H and O–H groups in total. The highest BCUT2D eigenvalue weighted by Gasteiger charge is 2.49. The zero-order valence-corrected chi connectivity index (χ0v) is 15.2. The maximum Gasteiger partial charge on any atom is 0.325 e. The lowest BCUT2D eigenvalue weighted by Crippen LogP contribution is -2.41. The molecule has 0 radical (unpaired) electrons. The van der Waals surface area contributed by atoms with Gasteiger partial charge in [0.25, 0.3) is 5.91 Å². The van der Waals surface area contributed by atoms with Crippen molar-refractivity contribution in [2.45, 2.75) is 32.7 Å². The fraction of sp³-hybridized carbons (Fsp3) is 0.286. The molecule has 1 fully saturated rings. The standard InChI is InChI=1S/C21H22N2O3/c1-4-15-7-9-16(10-8-15)18(24)13-23-19(25)21(3,22-20(23)26)17-11-5-14(2)6-12-17/h5-12H,4,13H2,1-3H3,(H,22,26)/t21-/m1/s1. The second kappa shape index (κ2) is 6.75. The summed E-state index contributed by atoms with van der Waals surface area (Å²) in [6, 6.07) is 14.1. The topological polar surface area (TPSA) is 66.5 Å². The third-order valence-electron chi connectivity index (χ3n) is 4.89. The molecular weight excluding hydrogens is 328 g/mol. The first kappa shape index (κ1) is 17.9. The second-order valence-electron chi connectivity index (χ2n) is 6.79. The van der Waals surface area contributed by atoms with E-state index in [1.807, 2.05) is 50.2 Å². The second-order valence-corrected chi connectivity index (χ2v) is 6.79. The molecule has 2 aromatic rings. The van der Waals surface area contributed by atoms with E-state index in [1.165, 1.54) is 0 Å². The van der Waals surface area contributed by atoms with Gasteiger partial charge in [0.2, 0.25) is 0 Å². The van der Waals surface area contributed by atoms with Gasteiger partial charge in [-0.25, -0.2) is 4.79 Å². The van der Waals surface area contributed by atoms with Gasteiger partial charge in [0.15, 0.2) is 5.78 Å². The zero-order valence-electron chi connectivity index (χ0n) is 15.2. The molecule has 0 aliphatic carbocycles. The Labute approximate surface area is 153 Å². The fourth-order valence-corrected chi connectivity index (χ4v) is 3.08. The number of Topliss-reactive ketones (excluding diaryl/α,β-unsaturated/α-hetero) is 1. The number of carbonyl (C=O) groups excluding carboxylic acids is 3. The summed E-state index contributed by atoms with van der Waals surface area (Å²) in [6.45, 7) is 5.39. The van der Waals surface area contributed by atoms with Gasteiger partial charge in [-0.3, -0.25) is 14.5 Å². The van der Waals surface area contributed by atoms with Crippen LogP contribution in [-0.2, 0) is 16.8 Å². The Balaban J connectivity index is 1.80. The lowest BCUT2D eigenvalue weighted by Gasteiger charge is -2.22. The molecule has 5 heteroatoms. The highest BCUT2D eigenvalue weighted by molar-refractivity contribution is 6.11. The number of imide groups is 1. The van der Waals surface area contributed by atoms with Crippen molar-refractivity contribution in [2.24, 2.45) is 0 Å². The van der Waals surface area contributed by atoms with Gasteiger partial charge >= 0.3 is 6.03 Å². The first-order chi connectivity index (χ1) is 12.3. The van der Waals surface area contributed by atoms with Crippen LogP contribution < -0.4 is 5.32 Å². The number of urea groups is 1. The third-order valence-corrected chi connectivity index (χ3v) is 4.89. The summed E-state index contributed by atoms with van der Waals surface area (Å²) in [5.74, 6) is -0.672. The van der Waals surface area contributed by atoms with E-state index in [0.717, 1.165) is 22.4 Å². The van der Waals surface area contributed by atoms with Crippen molar-refractivity contribution in [2.75, 3.05) is 6.54 Å². The summed E-state index contributed by atoms with van der Waals surface area (Å²) in [4.78, 5) is 38.7. The number of rotatable bonds is 5. The van der Waals surface area contributed by atoms with Crippen molar-refractivity contribution in [3.8, 4) is 0 Å². The quantitative estimate of drug-likeness (QED) is 0.665. The fourth-order valence-electron chi connectivity index (χ4n) is 3.08. The summed E-state index contributed by atoms with van der Waals surface area (Å²) in [5.41, 5.74) is 2.23. The normalized spacial score (nSPS) is 19.6. The van der Waals surface area contributed by atoms with Crippen molar-refractivity contribution < 1.29 is 14.4 Å². The molecule has 0 saturated carbocycles. The van der Waals surface area contributed by atoms with Gasteiger partial charge < -0.3 is 5.32 Å². The van der Waals surface area contributed by atoms with E-state index < -0.39 is 17.5 Å². The molecule has 0 spiro atoms. The highest BCUT2D eigenvalue weighted by atomic mass is 16.2. The number of hydrogen-bond donors (Lipinski definition) is 1. The first-order valence-electron chi connectivity index (χ1n) is 8.68. The van der Waals surface area contributed by atoms with E-state index in [1.54, 1.807) is 19.1 Å². The van der Waals surface area contributed by atoms with E-state index in [2.05, 4.69) is 5.32 Å². The van der Waals surface area contributed by atoms with Crippen LogP contribution in [0, 0.1) is 6.92 Å². The van der Waals surface area contributed by atoms with E-state index in [9.17, 15) is 14.4 Å². The summed E-state index contributed by atoms with van der Waals surface area (Å²) < 4.78 is 0. The number of hydrogen-bond acceptors (Lipinski definition) is 3. The van der Waals surface area contributed by atoms with E-state index in [-0.39, 0.29) is 12.3 Å². The molecule has 1 heterocycles. The number of benzene rings is 2. The largest absolute Gasteiger partial charge is 0.325 e. The highest BCUT2D eigenvalue weighted by Crippen LogP contribution is 2.29. The minimum Gasteiger partial charge on any atom is -0.319 e. The monoisotopic (exact) mass is 350 g/mol. The van der Waals surface area contributed by atoms with Crippen LogP contribution in [0.1, 0.15) is 40.9 Å². The Morgan fingerprint density at radius 2 is 1.65 bits per heavy atom. The van der Waals surface area contributed by atoms with Crippen LogP contribution in [-0.4, -0.2) is 29.2 Å². The maximum atomic E-state index is 12.9. The lowest BCUT2D eigenvalue weighted by atomic mass is 9.91. The van der Waals surface area contributed by atoms with Gasteiger partial charge in [0.1, 0.15) is 5.54 Å². The van der Waals surface area contributed by atoms with Crippen LogP contribution in [0.25, 0.3) is 0 Å². The number of amides is 3. The van der Waals surface area contributed by atoms with Gasteiger partial charge in [-0.2, -0.15) is 0 Å². The van der Waals surface area contributed by atoms with Crippen LogP contribution in [0.15, 0.2) is 48.5 Å². The van der Waals surface area contributed by atoms with Gasteiger partial charge in [0, 0.05) is 5.56 Å². The Bertz CT molecular complexity index is 856. The van der Waals surface area contributed by atoms with Crippen LogP contribution in [0.5, 0.6) is 0 Å². The molecule has 134 valence electrons. The Hall–Kier alpha value is -2.95. The third kappa shape index (κ3) is 3.12.